The lowest BCUT2D eigenvalue weighted by atomic mass is 10.3. The number of nitrogens with two attached hydrogens (primary N) is 1. The molecule has 2 aromatic carbocycles. The van der Waals surface area contributed by atoms with Gasteiger partial charge < -0.3 is 15.8 Å². The molecule has 0 unspecified atom stereocenters. The van der Waals surface area contributed by atoms with Crippen molar-refractivity contribution in [3.63, 3.8) is 0 Å². The lowest BCUT2D eigenvalue weighted by Gasteiger charge is -2.09. The fourth-order valence-corrected chi connectivity index (χ4v) is 1.53. The second-order valence-electron chi connectivity index (χ2n) is 3.86. The van der Waals surface area contributed by atoms with E-state index in [9.17, 15) is 9.18 Å². The molecule has 0 radical (unpaired) electrons. The van der Waals surface area contributed by atoms with Gasteiger partial charge in [-0.1, -0.05) is 24.3 Å². The predicted octanol–water partition coefficient (Wildman–Crippen LogP) is 2.43. The Morgan fingerprint density at radius 3 is 2.58 bits per heavy atom. The van der Waals surface area contributed by atoms with Gasteiger partial charge in [0, 0.05) is 5.69 Å². The molecule has 4 nitrogen and oxygen atoms in total. The SMILES string of the molecule is Nc1cccc(F)c1OCC(=O)Nc1ccccc1. The molecule has 19 heavy (non-hydrogen) atoms. The quantitative estimate of drug-likeness (QED) is 0.830. The second kappa shape index (κ2) is 5.86. The van der Waals surface area contributed by atoms with Crippen LogP contribution in [0.3, 0.4) is 0 Å². The molecule has 0 aliphatic rings. The Morgan fingerprint density at radius 2 is 1.89 bits per heavy atom. The van der Waals surface area contributed by atoms with E-state index in [1.165, 1.54) is 18.2 Å². The number of hydrogen-bond donors (Lipinski definition) is 2. The molecular weight excluding hydrogens is 247 g/mol. The fourth-order valence-electron chi connectivity index (χ4n) is 1.53. The molecule has 0 saturated carbocycles. The van der Waals surface area contributed by atoms with E-state index < -0.39 is 5.82 Å². The Hall–Kier alpha value is -2.56. The van der Waals surface area contributed by atoms with Gasteiger partial charge in [-0.15, -0.1) is 0 Å². The van der Waals surface area contributed by atoms with E-state index in [-0.39, 0.29) is 24.0 Å². The number of carbonyl (C=O) groups excluding carboxylic acids is 1. The van der Waals surface area contributed by atoms with E-state index in [4.69, 9.17) is 10.5 Å². The Morgan fingerprint density at radius 1 is 1.16 bits per heavy atom. The summed E-state index contributed by atoms with van der Waals surface area (Å²) in [6, 6.07) is 13.1. The highest BCUT2D eigenvalue weighted by Gasteiger charge is 2.10. The molecule has 0 aliphatic carbocycles. The summed E-state index contributed by atoms with van der Waals surface area (Å²) in [7, 11) is 0. The van der Waals surface area contributed by atoms with Crippen LogP contribution in [0.25, 0.3) is 0 Å². The molecule has 1 amide bonds. The second-order valence-corrected chi connectivity index (χ2v) is 3.86. The Bertz CT molecular complexity index is 553. The van der Waals surface area contributed by atoms with E-state index in [0.29, 0.717) is 5.69 Å². The Kier molecular flexibility index (Phi) is 3.97. The van der Waals surface area contributed by atoms with Crippen LogP contribution in [-0.4, -0.2) is 12.5 Å². The van der Waals surface area contributed by atoms with Crippen LogP contribution in [-0.2, 0) is 4.79 Å². The third kappa shape index (κ3) is 3.45. The minimum atomic E-state index is -0.590. The summed E-state index contributed by atoms with van der Waals surface area (Å²) in [5, 5.41) is 2.62. The number of para-hydroxylation sites is 2. The molecule has 0 aliphatic heterocycles. The summed E-state index contributed by atoms with van der Waals surface area (Å²) < 4.78 is 18.5. The van der Waals surface area contributed by atoms with Crippen molar-refractivity contribution in [1.29, 1.82) is 0 Å². The summed E-state index contributed by atoms with van der Waals surface area (Å²) in [5.41, 5.74) is 6.37. The highest BCUT2D eigenvalue weighted by Crippen LogP contribution is 2.24. The van der Waals surface area contributed by atoms with Crippen LogP contribution < -0.4 is 15.8 Å². The van der Waals surface area contributed by atoms with Gasteiger partial charge in [-0.3, -0.25) is 4.79 Å². The van der Waals surface area contributed by atoms with Gasteiger partial charge in [0.2, 0.25) is 0 Å². The third-order valence-corrected chi connectivity index (χ3v) is 2.40. The molecule has 0 bridgehead atoms. The largest absolute Gasteiger partial charge is 0.479 e. The predicted molar refractivity (Wildman–Crippen MR) is 71.4 cm³/mol. The molecule has 0 spiro atoms. The van der Waals surface area contributed by atoms with Crippen LogP contribution in [0.2, 0.25) is 0 Å². The summed E-state index contributed by atoms with van der Waals surface area (Å²) in [6.45, 7) is -0.306. The molecule has 0 fully saturated rings. The number of ether oxygens (including phenoxy) is 1. The van der Waals surface area contributed by atoms with Crippen LogP contribution in [0.1, 0.15) is 0 Å². The summed E-state index contributed by atoms with van der Waals surface area (Å²) >= 11 is 0. The van der Waals surface area contributed by atoms with Crippen LogP contribution >= 0.6 is 0 Å². The molecule has 0 aromatic heterocycles. The normalized spacial score (nSPS) is 9.95. The number of hydrogen-bond acceptors (Lipinski definition) is 3. The minimum Gasteiger partial charge on any atom is -0.479 e. The number of amides is 1. The van der Waals surface area contributed by atoms with Gasteiger partial charge in [0.05, 0.1) is 5.69 Å². The van der Waals surface area contributed by atoms with E-state index in [0.717, 1.165) is 0 Å². The molecule has 0 heterocycles. The Balaban J connectivity index is 1.94. The molecule has 0 atom stereocenters. The number of anilines is 2. The van der Waals surface area contributed by atoms with E-state index in [1.807, 2.05) is 6.07 Å². The minimum absolute atomic E-state index is 0.106. The number of rotatable bonds is 4. The van der Waals surface area contributed by atoms with Crippen molar-refractivity contribution in [3.05, 3.63) is 54.3 Å². The highest BCUT2D eigenvalue weighted by molar-refractivity contribution is 5.91. The van der Waals surface area contributed by atoms with Gasteiger partial charge in [0.1, 0.15) is 0 Å². The van der Waals surface area contributed by atoms with E-state index in [2.05, 4.69) is 5.32 Å². The summed E-state index contributed by atoms with van der Waals surface area (Å²) in [5.74, 6) is -1.08. The van der Waals surface area contributed by atoms with Crippen molar-refractivity contribution in [2.45, 2.75) is 0 Å². The lowest BCUT2D eigenvalue weighted by Crippen LogP contribution is -2.20. The summed E-state index contributed by atoms with van der Waals surface area (Å²) in [4.78, 5) is 11.6. The monoisotopic (exact) mass is 260 g/mol. The van der Waals surface area contributed by atoms with Gasteiger partial charge in [-0.2, -0.15) is 0 Å². The molecule has 98 valence electrons. The maximum absolute atomic E-state index is 13.4. The van der Waals surface area contributed by atoms with Gasteiger partial charge in [0.15, 0.2) is 18.2 Å². The molecule has 3 N–H and O–H groups in total. The highest BCUT2D eigenvalue weighted by atomic mass is 19.1. The first-order valence-electron chi connectivity index (χ1n) is 5.68. The zero-order valence-electron chi connectivity index (χ0n) is 10.1. The van der Waals surface area contributed by atoms with Crippen molar-refractivity contribution in [1.82, 2.24) is 0 Å². The number of nitrogens with one attached hydrogen (secondary N) is 1. The average molecular weight is 260 g/mol. The first kappa shape index (κ1) is 12.9. The number of halogens is 1. The Labute approximate surface area is 110 Å². The molecular formula is C14H13FN2O2. The smallest absolute Gasteiger partial charge is 0.262 e. The first-order chi connectivity index (χ1) is 9.16. The van der Waals surface area contributed by atoms with Crippen LogP contribution in [0.4, 0.5) is 15.8 Å². The maximum atomic E-state index is 13.4. The van der Waals surface area contributed by atoms with Gasteiger partial charge >= 0.3 is 0 Å². The lowest BCUT2D eigenvalue weighted by molar-refractivity contribution is -0.118. The van der Waals surface area contributed by atoms with Crippen LogP contribution in [0.5, 0.6) is 5.75 Å². The van der Waals surface area contributed by atoms with E-state index >= 15 is 0 Å². The fraction of sp³-hybridized carbons (Fsp3) is 0.0714. The first-order valence-corrected chi connectivity index (χ1v) is 5.68. The van der Waals surface area contributed by atoms with Crippen molar-refractivity contribution >= 4 is 17.3 Å². The van der Waals surface area contributed by atoms with Crippen LogP contribution in [0.15, 0.2) is 48.5 Å². The van der Waals surface area contributed by atoms with Crippen molar-refractivity contribution < 1.29 is 13.9 Å². The van der Waals surface area contributed by atoms with Gasteiger partial charge in [-0.05, 0) is 24.3 Å². The molecule has 2 rings (SSSR count). The molecule has 0 saturated heterocycles. The topological polar surface area (TPSA) is 64.3 Å². The number of benzene rings is 2. The zero-order valence-corrected chi connectivity index (χ0v) is 10.1. The third-order valence-electron chi connectivity index (χ3n) is 2.40. The van der Waals surface area contributed by atoms with Crippen LogP contribution in [0, 0.1) is 5.82 Å². The standard InChI is InChI=1S/C14H13FN2O2/c15-11-7-4-8-12(16)14(11)19-9-13(18)17-10-5-2-1-3-6-10/h1-8H,9,16H2,(H,17,18). The van der Waals surface area contributed by atoms with Crippen molar-refractivity contribution in [3.8, 4) is 5.75 Å². The molecule has 5 heteroatoms. The van der Waals surface area contributed by atoms with Gasteiger partial charge in [0.25, 0.3) is 5.91 Å². The number of carbonyl (C=O) groups is 1. The number of nitrogen functional groups attached to an aromatic ring is 1. The van der Waals surface area contributed by atoms with Gasteiger partial charge in [-0.25, -0.2) is 4.39 Å². The summed E-state index contributed by atoms with van der Waals surface area (Å²) in [6.07, 6.45) is 0. The van der Waals surface area contributed by atoms with E-state index in [1.54, 1.807) is 24.3 Å². The maximum Gasteiger partial charge on any atom is 0.262 e. The average Bonchev–Trinajstić information content (AvgIpc) is 2.39. The van der Waals surface area contributed by atoms with Crippen molar-refractivity contribution in [2.24, 2.45) is 0 Å². The zero-order chi connectivity index (χ0) is 13.7. The van der Waals surface area contributed by atoms with Crippen molar-refractivity contribution in [2.75, 3.05) is 17.7 Å². The molecule has 2 aromatic rings.